The van der Waals surface area contributed by atoms with E-state index >= 15 is 0 Å². The van der Waals surface area contributed by atoms with Gasteiger partial charge in [-0.25, -0.2) is 4.79 Å². The Balaban J connectivity index is 1.25. The molecule has 0 aromatic heterocycles. The van der Waals surface area contributed by atoms with Crippen LogP contribution in [0.4, 0.5) is 0 Å². The molecule has 4 nitrogen and oxygen atoms in total. The van der Waals surface area contributed by atoms with Gasteiger partial charge in [-0.3, -0.25) is 0 Å². The number of benzene rings is 3. The Labute approximate surface area is 214 Å². The van der Waals surface area contributed by atoms with Crippen LogP contribution in [0, 0.1) is 0 Å². The second-order valence-corrected chi connectivity index (χ2v) is 9.26. The van der Waals surface area contributed by atoms with Crippen LogP contribution < -0.4 is 9.47 Å². The summed E-state index contributed by atoms with van der Waals surface area (Å²) < 4.78 is 16.7. The lowest BCUT2D eigenvalue weighted by Crippen LogP contribution is -2.06. The summed E-state index contributed by atoms with van der Waals surface area (Å²) in [4.78, 5) is 11.0. The van der Waals surface area contributed by atoms with Crippen LogP contribution in [0.15, 0.2) is 73.3 Å². The number of ether oxygens (including phenoxy) is 3. The molecule has 0 N–H and O–H groups in total. The monoisotopic (exact) mass is 484 g/mol. The minimum Gasteiger partial charge on any atom is -0.494 e. The summed E-state index contributed by atoms with van der Waals surface area (Å²) >= 11 is 0. The zero-order valence-electron chi connectivity index (χ0n) is 21.3. The zero-order chi connectivity index (χ0) is 25.2. The quantitative estimate of drug-likeness (QED) is 0.109. The van der Waals surface area contributed by atoms with Crippen molar-refractivity contribution < 1.29 is 19.0 Å². The third-order valence-corrected chi connectivity index (χ3v) is 6.53. The molecule has 0 amide bonds. The highest BCUT2D eigenvalue weighted by atomic mass is 16.5. The number of hydrogen-bond donors (Lipinski definition) is 0. The highest BCUT2D eigenvalue weighted by molar-refractivity contribution is 5.81. The molecule has 4 rings (SSSR count). The fourth-order valence-electron chi connectivity index (χ4n) is 4.55. The first-order chi connectivity index (χ1) is 17.7. The van der Waals surface area contributed by atoms with Gasteiger partial charge in [0.05, 0.1) is 19.8 Å². The molecule has 3 aromatic carbocycles. The molecule has 36 heavy (non-hydrogen) atoms. The second kappa shape index (κ2) is 13.0. The van der Waals surface area contributed by atoms with Gasteiger partial charge in [-0.2, -0.15) is 0 Å². The van der Waals surface area contributed by atoms with Gasteiger partial charge in [-0.05, 0) is 83.3 Å². The van der Waals surface area contributed by atoms with E-state index in [0.29, 0.717) is 19.6 Å². The van der Waals surface area contributed by atoms with E-state index in [0.717, 1.165) is 43.8 Å². The first kappa shape index (κ1) is 25.6. The lowest BCUT2D eigenvalue weighted by molar-refractivity contribution is -0.137. The van der Waals surface area contributed by atoms with Crippen molar-refractivity contribution in [3.05, 3.63) is 95.6 Å². The fourth-order valence-corrected chi connectivity index (χ4v) is 4.55. The number of rotatable bonds is 14. The van der Waals surface area contributed by atoms with Crippen LogP contribution in [0.3, 0.4) is 0 Å². The van der Waals surface area contributed by atoms with Gasteiger partial charge in [-0.15, -0.1) is 0 Å². The third kappa shape index (κ3) is 7.00. The van der Waals surface area contributed by atoms with E-state index in [4.69, 9.17) is 14.2 Å². The minimum atomic E-state index is -0.399. The largest absolute Gasteiger partial charge is 0.494 e. The molecule has 4 heteroatoms. The van der Waals surface area contributed by atoms with Crippen molar-refractivity contribution in [3.8, 4) is 22.6 Å². The van der Waals surface area contributed by atoms with Gasteiger partial charge >= 0.3 is 5.97 Å². The molecule has 0 heterocycles. The van der Waals surface area contributed by atoms with Crippen LogP contribution in [0.2, 0.25) is 0 Å². The van der Waals surface area contributed by atoms with Gasteiger partial charge in [0.1, 0.15) is 11.5 Å². The summed E-state index contributed by atoms with van der Waals surface area (Å²) in [5.41, 5.74) is 8.12. The van der Waals surface area contributed by atoms with Gasteiger partial charge in [0.15, 0.2) is 0 Å². The highest BCUT2D eigenvalue weighted by Gasteiger charge is 2.19. The lowest BCUT2D eigenvalue weighted by Gasteiger charge is -2.09. The fraction of sp³-hybridized carbons (Fsp3) is 0.344. The molecule has 0 fully saturated rings. The summed E-state index contributed by atoms with van der Waals surface area (Å²) in [7, 11) is 0. The average molecular weight is 485 g/mol. The van der Waals surface area contributed by atoms with E-state index in [1.54, 1.807) is 0 Å². The van der Waals surface area contributed by atoms with Crippen LogP contribution in [0.5, 0.6) is 11.5 Å². The molecular weight excluding hydrogens is 448 g/mol. The maximum Gasteiger partial charge on any atom is 0.330 e. The number of aryl methyl sites for hydroxylation is 2. The van der Waals surface area contributed by atoms with E-state index in [1.165, 1.54) is 52.3 Å². The van der Waals surface area contributed by atoms with Gasteiger partial charge in [0, 0.05) is 12.5 Å². The molecule has 188 valence electrons. The van der Waals surface area contributed by atoms with Crippen molar-refractivity contribution in [1.29, 1.82) is 0 Å². The summed E-state index contributed by atoms with van der Waals surface area (Å²) in [6, 6.07) is 21.7. The molecule has 1 aliphatic carbocycles. The van der Waals surface area contributed by atoms with Crippen LogP contribution in [-0.2, 0) is 28.8 Å². The van der Waals surface area contributed by atoms with Crippen molar-refractivity contribution in [1.82, 2.24) is 0 Å². The average Bonchev–Trinajstić information content (AvgIpc) is 3.27. The third-order valence-electron chi connectivity index (χ3n) is 6.53. The highest BCUT2D eigenvalue weighted by Crippen LogP contribution is 2.39. The Morgan fingerprint density at radius 3 is 2.19 bits per heavy atom. The molecule has 0 radical (unpaired) electrons. The maximum atomic E-state index is 11.0. The normalized spacial score (nSPS) is 11.5. The topological polar surface area (TPSA) is 44.8 Å². The van der Waals surface area contributed by atoms with Crippen molar-refractivity contribution in [2.75, 3.05) is 19.8 Å². The van der Waals surface area contributed by atoms with Crippen LogP contribution in [-0.4, -0.2) is 25.8 Å². The van der Waals surface area contributed by atoms with Crippen LogP contribution >= 0.6 is 0 Å². The molecular formula is C32H36O4. The van der Waals surface area contributed by atoms with Crippen LogP contribution in [0.25, 0.3) is 11.1 Å². The second-order valence-electron chi connectivity index (χ2n) is 9.26. The molecule has 0 saturated carbocycles. The van der Waals surface area contributed by atoms with E-state index in [2.05, 4.69) is 62.0 Å². The molecule has 0 atom stereocenters. The number of carbonyl (C=O) groups excluding carboxylic acids is 1. The predicted octanol–water partition coefficient (Wildman–Crippen LogP) is 7.11. The Bertz CT molecular complexity index is 1160. The molecule has 0 bridgehead atoms. The Hall–Kier alpha value is -3.53. The molecule has 0 aliphatic heterocycles. The smallest absolute Gasteiger partial charge is 0.330 e. The SMILES string of the molecule is C=CC(=O)OCCCOc1ccc(CCc2ccc3c(c2)Cc2cc(OCCCCC)ccc2-3)cc1. The van der Waals surface area contributed by atoms with Crippen molar-refractivity contribution in [2.45, 2.75) is 51.9 Å². The van der Waals surface area contributed by atoms with Gasteiger partial charge in [-0.1, -0.05) is 62.7 Å². The van der Waals surface area contributed by atoms with Gasteiger partial charge in [0.2, 0.25) is 0 Å². The summed E-state index contributed by atoms with van der Waals surface area (Å²) in [5, 5.41) is 0. The lowest BCUT2D eigenvalue weighted by atomic mass is 9.99. The molecule has 1 aliphatic rings. The van der Waals surface area contributed by atoms with Crippen molar-refractivity contribution >= 4 is 5.97 Å². The Morgan fingerprint density at radius 1 is 0.778 bits per heavy atom. The summed E-state index contributed by atoms with van der Waals surface area (Å²) in [6.07, 6.45) is 8.32. The minimum absolute atomic E-state index is 0.336. The van der Waals surface area contributed by atoms with Crippen LogP contribution in [0.1, 0.15) is 54.9 Å². The van der Waals surface area contributed by atoms with Crippen molar-refractivity contribution in [3.63, 3.8) is 0 Å². The van der Waals surface area contributed by atoms with Gasteiger partial charge in [0.25, 0.3) is 0 Å². The number of esters is 1. The predicted molar refractivity (Wildman–Crippen MR) is 145 cm³/mol. The zero-order valence-corrected chi connectivity index (χ0v) is 21.3. The molecule has 0 saturated heterocycles. The number of carbonyl (C=O) groups is 1. The van der Waals surface area contributed by atoms with E-state index in [-0.39, 0.29) is 0 Å². The summed E-state index contributed by atoms with van der Waals surface area (Å²) in [5.74, 6) is 1.42. The van der Waals surface area contributed by atoms with Gasteiger partial charge < -0.3 is 14.2 Å². The Morgan fingerprint density at radius 2 is 1.42 bits per heavy atom. The number of hydrogen-bond acceptors (Lipinski definition) is 4. The van der Waals surface area contributed by atoms with E-state index in [9.17, 15) is 4.79 Å². The van der Waals surface area contributed by atoms with Crippen molar-refractivity contribution in [2.24, 2.45) is 0 Å². The first-order valence-electron chi connectivity index (χ1n) is 13.0. The Kier molecular flexibility index (Phi) is 9.21. The molecule has 0 spiro atoms. The molecule has 3 aromatic rings. The standard InChI is InChI=1S/C32H36O4/c1-3-5-6-18-35-29-15-17-31-27(23-29)22-26-21-25(12-16-30(26)31)9-8-24-10-13-28(14-11-24)34-19-7-20-36-32(33)4-2/h4,10-17,21,23H,2-3,5-9,18-20,22H2,1H3. The first-order valence-corrected chi connectivity index (χ1v) is 13.0. The van der Waals surface area contributed by atoms with E-state index < -0.39 is 5.97 Å². The maximum absolute atomic E-state index is 11.0. The number of unbranched alkanes of at least 4 members (excludes halogenated alkanes) is 2. The summed E-state index contributed by atoms with van der Waals surface area (Å²) in [6.45, 7) is 7.23. The van der Waals surface area contributed by atoms with E-state index in [1.807, 2.05) is 12.1 Å². The molecule has 0 unspecified atom stereocenters. The number of fused-ring (bicyclic) bond motifs is 3.